The van der Waals surface area contributed by atoms with E-state index in [-0.39, 0.29) is 26.1 Å². The number of carbonyl (C=O) groups excluding carboxylic acids is 2. The molecule has 1 unspecified atom stereocenters. The SMILES string of the molecule is CC/C=C/C/C=C/C/C=C/C/C=C/CCCCC(=O)OC[C@H](COP(=O)(O)OCC[N+](C)(C)C)OC(=O)CCCCCCCCCCCCCCCCCCC. The van der Waals surface area contributed by atoms with Crippen molar-refractivity contribution in [3.05, 3.63) is 48.6 Å². The highest BCUT2D eigenvalue weighted by molar-refractivity contribution is 7.47. The largest absolute Gasteiger partial charge is 0.472 e. The fraction of sp³-hybridized carbons (Fsp3) is 0.783. The molecule has 0 rings (SSSR count). The molecule has 1 N–H and O–H groups in total. The minimum Gasteiger partial charge on any atom is -0.462 e. The van der Waals surface area contributed by atoms with Crippen LogP contribution in [0.4, 0.5) is 0 Å². The summed E-state index contributed by atoms with van der Waals surface area (Å²) >= 11 is 0. The van der Waals surface area contributed by atoms with Gasteiger partial charge in [-0.1, -0.05) is 165 Å². The highest BCUT2D eigenvalue weighted by Crippen LogP contribution is 2.43. The molecule has 0 saturated heterocycles. The standard InChI is InChI=1S/C46H84NO8P/c1-6-8-10-12-14-16-18-20-22-23-25-27-29-31-33-35-37-39-46(49)55-44(43-54-56(50,51)53-41-40-47(3,4)5)42-52-45(48)38-36-34-32-30-28-26-24-21-19-17-15-13-11-9-7-2/h9,11,15,17,21,24,28,30,44H,6-8,10,12-14,16,18-20,22-23,25-27,29,31-43H2,1-5H3/p+1/b11-9+,17-15+,24-21+,30-28+/t44-/m1/s1. The van der Waals surface area contributed by atoms with Crippen LogP contribution in [0.15, 0.2) is 48.6 Å². The lowest BCUT2D eigenvalue weighted by Gasteiger charge is -2.24. The molecular formula is C46H85NO8P+. The smallest absolute Gasteiger partial charge is 0.462 e. The summed E-state index contributed by atoms with van der Waals surface area (Å²) in [5.74, 6) is -0.844. The van der Waals surface area contributed by atoms with Crippen molar-refractivity contribution < 1.29 is 42.1 Å². The Balaban J connectivity index is 4.39. The van der Waals surface area contributed by atoms with Gasteiger partial charge in [0.1, 0.15) is 19.8 Å². The van der Waals surface area contributed by atoms with Gasteiger partial charge in [0.05, 0.1) is 27.7 Å². The van der Waals surface area contributed by atoms with Crippen LogP contribution in [0.25, 0.3) is 0 Å². The van der Waals surface area contributed by atoms with Crippen molar-refractivity contribution in [1.82, 2.24) is 0 Å². The minimum atomic E-state index is -4.38. The number of hydrogen-bond acceptors (Lipinski definition) is 7. The van der Waals surface area contributed by atoms with E-state index in [0.29, 0.717) is 23.9 Å². The Bertz CT molecular complexity index is 1100. The van der Waals surface area contributed by atoms with Crippen LogP contribution in [0, 0.1) is 0 Å². The third-order valence-electron chi connectivity index (χ3n) is 9.37. The maximum absolute atomic E-state index is 12.7. The first-order valence-electron chi connectivity index (χ1n) is 22.4. The molecule has 56 heavy (non-hydrogen) atoms. The summed E-state index contributed by atoms with van der Waals surface area (Å²) in [6.07, 6.45) is 44.5. The van der Waals surface area contributed by atoms with Crippen LogP contribution in [0.5, 0.6) is 0 Å². The lowest BCUT2D eigenvalue weighted by molar-refractivity contribution is -0.870. The Morgan fingerprint density at radius 1 is 0.571 bits per heavy atom. The molecule has 0 aromatic heterocycles. The molecule has 326 valence electrons. The zero-order valence-corrected chi connectivity index (χ0v) is 37.5. The molecule has 0 aromatic carbocycles. The molecular weight excluding hydrogens is 725 g/mol. The first kappa shape index (κ1) is 54.0. The summed E-state index contributed by atoms with van der Waals surface area (Å²) in [7, 11) is 1.45. The number of esters is 2. The van der Waals surface area contributed by atoms with E-state index in [4.69, 9.17) is 18.5 Å². The number of quaternary nitrogens is 1. The second-order valence-corrected chi connectivity index (χ2v) is 17.5. The van der Waals surface area contributed by atoms with Gasteiger partial charge in [0, 0.05) is 12.8 Å². The molecule has 2 atom stereocenters. The van der Waals surface area contributed by atoms with Crippen LogP contribution in [0.1, 0.15) is 181 Å². The quantitative estimate of drug-likeness (QED) is 0.0214. The molecule has 0 heterocycles. The molecule has 0 aliphatic heterocycles. The van der Waals surface area contributed by atoms with Crippen LogP contribution < -0.4 is 0 Å². The number of hydrogen-bond donors (Lipinski definition) is 1. The first-order chi connectivity index (χ1) is 27.0. The molecule has 10 heteroatoms. The Morgan fingerprint density at radius 2 is 1.02 bits per heavy atom. The fourth-order valence-corrected chi connectivity index (χ4v) is 6.63. The number of phosphoric acid groups is 1. The highest BCUT2D eigenvalue weighted by Gasteiger charge is 2.27. The van der Waals surface area contributed by atoms with Gasteiger partial charge in [0.2, 0.25) is 0 Å². The van der Waals surface area contributed by atoms with E-state index >= 15 is 0 Å². The van der Waals surface area contributed by atoms with Crippen LogP contribution in [0.2, 0.25) is 0 Å². The predicted octanol–water partition coefficient (Wildman–Crippen LogP) is 12.7. The highest BCUT2D eigenvalue weighted by atomic mass is 31.2. The van der Waals surface area contributed by atoms with Gasteiger partial charge >= 0.3 is 19.8 Å². The molecule has 0 spiro atoms. The van der Waals surface area contributed by atoms with Gasteiger partial charge in [-0.15, -0.1) is 0 Å². The van der Waals surface area contributed by atoms with Crippen molar-refractivity contribution in [2.45, 2.75) is 187 Å². The van der Waals surface area contributed by atoms with E-state index in [9.17, 15) is 19.0 Å². The normalized spacial score (nSPS) is 14.0. The lowest BCUT2D eigenvalue weighted by atomic mass is 10.0. The molecule has 0 bridgehead atoms. The Labute approximate surface area is 343 Å². The number of phosphoric ester groups is 1. The van der Waals surface area contributed by atoms with Crippen molar-refractivity contribution in [1.29, 1.82) is 0 Å². The average Bonchev–Trinajstić information content (AvgIpc) is 3.15. The summed E-state index contributed by atoms with van der Waals surface area (Å²) in [6, 6.07) is 0. The zero-order valence-electron chi connectivity index (χ0n) is 36.6. The van der Waals surface area contributed by atoms with E-state index in [1.54, 1.807) is 0 Å². The zero-order chi connectivity index (χ0) is 41.4. The summed E-state index contributed by atoms with van der Waals surface area (Å²) in [4.78, 5) is 35.4. The number of unbranched alkanes of at least 4 members (excludes halogenated alkanes) is 18. The Morgan fingerprint density at radius 3 is 1.52 bits per heavy atom. The van der Waals surface area contributed by atoms with E-state index in [1.807, 2.05) is 21.1 Å². The number of carbonyl (C=O) groups is 2. The maximum atomic E-state index is 12.7. The second-order valence-electron chi connectivity index (χ2n) is 16.1. The van der Waals surface area contributed by atoms with E-state index in [0.717, 1.165) is 51.4 Å². The van der Waals surface area contributed by atoms with Crippen molar-refractivity contribution in [2.24, 2.45) is 0 Å². The third kappa shape index (κ3) is 41.6. The second kappa shape index (κ2) is 38.5. The van der Waals surface area contributed by atoms with Gasteiger partial charge in [-0.2, -0.15) is 0 Å². The summed E-state index contributed by atoms with van der Waals surface area (Å²) in [5.41, 5.74) is 0. The maximum Gasteiger partial charge on any atom is 0.472 e. The fourth-order valence-electron chi connectivity index (χ4n) is 5.89. The van der Waals surface area contributed by atoms with Crippen LogP contribution in [-0.4, -0.2) is 74.9 Å². The molecule has 0 aliphatic carbocycles. The van der Waals surface area contributed by atoms with Crippen LogP contribution in [0.3, 0.4) is 0 Å². The number of likely N-dealkylation sites (N-methyl/N-ethyl adjacent to an activating group) is 1. The Hall–Kier alpha value is -2.03. The monoisotopic (exact) mass is 811 g/mol. The van der Waals surface area contributed by atoms with Crippen molar-refractivity contribution in [2.75, 3.05) is 47.5 Å². The summed E-state index contributed by atoms with van der Waals surface area (Å²) < 4.78 is 34.3. The van der Waals surface area contributed by atoms with Gasteiger partial charge < -0.3 is 18.9 Å². The average molecular weight is 811 g/mol. The van der Waals surface area contributed by atoms with Gasteiger partial charge in [-0.25, -0.2) is 4.57 Å². The molecule has 0 saturated carbocycles. The number of ether oxygens (including phenoxy) is 2. The predicted molar refractivity (Wildman–Crippen MR) is 233 cm³/mol. The van der Waals surface area contributed by atoms with Gasteiger partial charge in [-0.05, 0) is 51.4 Å². The van der Waals surface area contributed by atoms with Gasteiger partial charge in [0.25, 0.3) is 0 Å². The third-order valence-corrected chi connectivity index (χ3v) is 10.4. The summed E-state index contributed by atoms with van der Waals surface area (Å²) in [5, 5.41) is 0. The first-order valence-corrected chi connectivity index (χ1v) is 23.9. The van der Waals surface area contributed by atoms with Gasteiger partial charge in [-0.3, -0.25) is 18.6 Å². The molecule has 0 amide bonds. The molecule has 9 nitrogen and oxygen atoms in total. The van der Waals surface area contributed by atoms with E-state index in [1.165, 1.54) is 89.9 Å². The lowest BCUT2D eigenvalue weighted by Crippen LogP contribution is -2.37. The molecule has 0 aromatic rings. The van der Waals surface area contributed by atoms with Crippen LogP contribution >= 0.6 is 7.82 Å². The van der Waals surface area contributed by atoms with E-state index in [2.05, 4.69) is 62.5 Å². The number of rotatable bonds is 40. The van der Waals surface area contributed by atoms with Crippen LogP contribution in [-0.2, 0) is 32.7 Å². The molecule has 0 radical (unpaired) electrons. The summed E-state index contributed by atoms with van der Waals surface area (Å²) in [6.45, 7) is 4.27. The number of allylic oxidation sites excluding steroid dienone is 8. The number of nitrogens with zero attached hydrogens (tertiary/aromatic N) is 1. The topological polar surface area (TPSA) is 108 Å². The van der Waals surface area contributed by atoms with Crippen molar-refractivity contribution in [3.8, 4) is 0 Å². The molecule has 0 fully saturated rings. The van der Waals surface area contributed by atoms with E-state index < -0.39 is 32.5 Å². The van der Waals surface area contributed by atoms with Crippen molar-refractivity contribution >= 4 is 19.8 Å². The molecule has 0 aliphatic rings. The minimum absolute atomic E-state index is 0.0247. The van der Waals surface area contributed by atoms with Crippen molar-refractivity contribution in [3.63, 3.8) is 0 Å². The van der Waals surface area contributed by atoms with Gasteiger partial charge in [0.15, 0.2) is 6.10 Å². The Kier molecular flexibility index (Phi) is 37.1.